The first-order valence-electron chi connectivity index (χ1n) is 8.46. The topological polar surface area (TPSA) is 58.6 Å². The highest BCUT2D eigenvalue weighted by Gasteiger charge is 2.25. The van der Waals surface area contributed by atoms with Gasteiger partial charge in [-0.1, -0.05) is 35.3 Å². The third-order valence-corrected chi connectivity index (χ3v) is 4.85. The zero-order chi connectivity index (χ0) is 20.0. The van der Waals surface area contributed by atoms with Crippen molar-refractivity contribution in [3.05, 3.63) is 63.6 Å². The van der Waals surface area contributed by atoms with Gasteiger partial charge in [-0.2, -0.15) is 0 Å². The number of hydrogen-bond acceptors (Lipinski definition) is 3. The van der Waals surface area contributed by atoms with Crippen LogP contribution in [0.2, 0.25) is 10.0 Å². The van der Waals surface area contributed by atoms with Crippen molar-refractivity contribution >= 4 is 35.0 Å². The molecule has 0 radical (unpaired) electrons. The summed E-state index contributed by atoms with van der Waals surface area (Å²) in [5, 5.41) is 3.81. The van der Waals surface area contributed by atoms with E-state index >= 15 is 0 Å². The largest absolute Gasteiger partial charge is 0.484 e. The molecule has 0 aliphatic carbocycles. The van der Waals surface area contributed by atoms with Crippen LogP contribution in [0.4, 0.5) is 0 Å². The van der Waals surface area contributed by atoms with E-state index in [1.54, 1.807) is 37.3 Å². The van der Waals surface area contributed by atoms with E-state index in [2.05, 4.69) is 5.32 Å². The summed E-state index contributed by atoms with van der Waals surface area (Å²) < 4.78 is 5.60. The van der Waals surface area contributed by atoms with Crippen LogP contribution in [0.1, 0.15) is 18.1 Å². The van der Waals surface area contributed by atoms with Crippen LogP contribution in [0.15, 0.2) is 42.5 Å². The molecule has 1 unspecified atom stereocenters. The Morgan fingerprint density at radius 2 is 1.81 bits per heavy atom. The first-order valence-corrected chi connectivity index (χ1v) is 9.22. The van der Waals surface area contributed by atoms with Crippen molar-refractivity contribution in [1.82, 2.24) is 10.2 Å². The third-order valence-electron chi connectivity index (χ3n) is 4.17. The number of likely N-dealkylation sites (N-methyl/N-ethyl adjacent to an activating group) is 1. The quantitative estimate of drug-likeness (QED) is 0.756. The van der Waals surface area contributed by atoms with Gasteiger partial charge in [-0.05, 0) is 55.3 Å². The predicted octanol–water partition coefficient (Wildman–Crippen LogP) is 3.84. The zero-order valence-corrected chi connectivity index (χ0v) is 17.0. The second-order valence-corrected chi connectivity index (χ2v) is 6.98. The Morgan fingerprint density at radius 1 is 1.15 bits per heavy atom. The summed E-state index contributed by atoms with van der Waals surface area (Å²) in [5.41, 5.74) is 1.73. The molecule has 0 bridgehead atoms. The van der Waals surface area contributed by atoms with Crippen LogP contribution in [0.3, 0.4) is 0 Å². The smallest absolute Gasteiger partial charge is 0.261 e. The first kappa shape index (κ1) is 21.1. The van der Waals surface area contributed by atoms with Gasteiger partial charge < -0.3 is 15.0 Å². The lowest BCUT2D eigenvalue weighted by molar-refractivity contribution is -0.142. The summed E-state index contributed by atoms with van der Waals surface area (Å²) in [6.07, 6.45) is 0. The van der Waals surface area contributed by atoms with Crippen molar-refractivity contribution in [2.75, 3.05) is 13.7 Å². The monoisotopic (exact) mass is 408 g/mol. The molecular weight excluding hydrogens is 387 g/mol. The average Bonchev–Trinajstić information content (AvgIpc) is 2.67. The van der Waals surface area contributed by atoms with Crippen molar-refractivity contribution in [1.29, 1.82) is 0 Å². The van der Waals surface area contributed by atoms with Gasteiger partial charge in [-0.15, -0.1) is 0 Å². The van der Waals surface area contributed by atoms with Crippen LogP contribution in [0.25, 0.3) is 0 Å². The Balaban J connectivity index is 2.12. The van der Waals surface area contributed by atoms with Gasteiger partial charge in [0.2, 0.25) is 5.91 Å². The number of benzene rings is 2. The molecule has 0 aromatic heterocycles. The van der Waals surface area contributed by atoms with E-state index in [-0.39, 0.29) is 25.0 Å². The highest BCUT2D eigenvalue weighted by Crippen LogP contribution is 2.21. The lowest BCUT2D eigenvalue weighted by Crippen LogP contribution is -2.48. The van der Waals surface area contributed by atoms with Crippen molar-refractivity contribution in [2.24, 2.45) is 0 Å². The maximum atomic E-state index is 12.8. The minimum atomic E-state index is -0.645. The fraction of sp³-hybridized carbons (Fsp3) is 0.300. The molecule has 2 rings (SSSR count). The van der Waals surface area contributed by atoms with E-state index < -0.39 is 6.04 Å². The van der Waals surface area contributed by atoms with Crippen LogP contribution >= 0.6 is 23.2 Å². The van der Waals surface area contributed by atoms with Gasteiger partial charge in [0, 0.05) is 23.6 Å². The maximum Gasteiger partial charge on any atom is 0.261 e. The first-order chi connectivity index (χ1) is 12.8. The Morgan fingerprint density at radius 3 is 2.41 bits per heavy atom. The number of amides is 2. The maximum absolute atomic E-state index is 12.8. The molecule has 1 N–H and O–H groups in total. The number of carbonyl (C=O) groups is 2. The molecule has 0 aliphatic heterocycles. The van der Waals surface area contributed by atoms with Crippen molar-refractivity contribution in [3.8, 4) is 5.75 Å². The summed E-state index contributed by atoms with van der Waals surface area (Å²) >= 11 is 11.9. The molecule has 2 aromatic rings. The van der Waals surface area contributed by atoms with Gasteiger partial charge in [0.15, 0.2) is 6.61 Å². The molecule has 0 saturated heterocycles. The molecule has 7 heteroatoms. The molecule has 1 atom stereocenters. The standard InChI is InChI=1S/C20H22Cl2N2O3/c1-13-10-17(8-9-18(13)22)27-12-19(25)24(14(2)20(26)23-3)11-15-4-6-16(21)7-5-15/h4-10,14H,11-12H2,1-3H3,(H,23,26). The average molecular weight is 409 g/mol. The van der Waals surface area contributed by atoms with Crippen molar-refractivity contribution < 1.29 is 14.3 Å². The lowest BCUT2D eigenvalue weighted by Gasteiger charge is -2.28. The Kier molecular flexibility index (Phi) is 7.51. The van der Waals surface area contributed by atoms with Crippen LogP contribution < -0.4 is 10.1 Å². The second-order valence-electron chi connectivity index (χ2n) is 6.14. The predicted molar refractivity (Wildman–Crippen MR) is 107 cm³/mol. The summed E-state index contributed by atoms with van der Waals surface area (Å²) in [6.45, 7) is 3.63. The van der Waals surface area contributed by atoms with E-state index in [1.807, 2.05) is 19.1 Å². The molecule has 2 aromatic carbocycles. The van der Waals surface area contributed by atoms with Gasteiger partial charge in [0.1, 0.15) is 11.8 Å². The van der Waals surface area contributed by atoms with Crippen LogP contribution in [0.5, 0.6) is 5.75 Å². The lowest BCUT2D eigenvalue weighted by atomic mass is 10.1. The zero-order valence-electron chi connectivity index (χ0n) is 15.5. The fourth-order valence-corrected chi connectivity index (χ4v) is 2.76. The number of hydrogen-bond donors (Lipinski definition) is 1. The number of nitrogens with zero attached hydrogens (tertiary/aromatic N) is 1. The normalized spacial score (nSPS) is 11.6. The molecule has 5 nitrogen and oxygen atoms in total. The van der Waals surface area contributed by atoms with Gasteiger partial charge in [0.05, 0.1) is 0 Å². The minimum Gasteiger partial charge on any atom is -0.484 e. The van der Waals surface area contributed by atoms with Gasteiger partial charge in [0.25, 0.3) is 5.91 Å². The Labute approximate surface area is 169 Å². The Bertz CT molecular complexity index is 809. The van der Waals surface area contributed by atoms with E-state index in [0.29, 0.717) is 15.8 Å². The summed E-state index contributed by atoms with van der Waals surface area (Å²) in [4.78, 5) is 26.3. The number of nitrogens with one attached hydrogen (secondary N) is 1. The van der Waals surface area contributed by atoms with E-state index in [0.717, 1.165) is 11.1 Å². The van der Waals surface area contributed by atoms with Crippen LogP contribution in [0, 0.1) is 6.92 Å². The molecule has 0 saturated carbocycles. The van der Waals surface area contributed by atoms with E-state index in [4.69, 9.17) is 27.9 Å². The minimum absolute atomic E-state index is 0.185. The second kappa shape index (κ2) is 9.62. The number of rotatable bonds is 7. The molecule has 144 valence electrons. The van der Waals surface area contributed by atoms with Gasteiger partial charge >= 0.3 is 0 Å². The number of aryl methyl sites for hydroxylation is 1. The highest BCUT2D eigenvalue weighted by molar-refractivity contribution is 6.31. The molecule has 2 amide bonds. The molecular formula is C20H22Cl2N2O3. The number of ether oxygens (including phenoxy) is 1. The van der Waals surface area contributed by atoms with Gasteiger partial charge in [-0.3, -0.25) is 9.59 Å². The number of halogens is 2. The molecule has 0 fully saturated rings. The third kappa shape index (κ3) is 5.88. The Hall–Kier alpha value is -2.24. The van der Waals surface area contributed by atoms with E-state index in [9.17, 15) is 9.59 Å². The number of carbonyl (C=O) groups excluding carboxylic acids is 2. The molecule has 0 aliphatic rings. The van der Waals surface area contributed by atoms with E-state index in [1.165, 1.54) is 11.9 Å². The van der Waals surface area contributed by atoms with Gasteiger partial charge in [-0.25, -0.2) is 0 Å². The van der Waals surface area contributed by atoms with Crippen molar-refractivity contribution in [3.63, 3.8) is 0 Å². The summed E-state index contributed by atoms with van der Waals surface area (Å²) in [5.74, 6) is -0.00223. The SMILES string of the molecule is CNC(=O)C(C)N(Cc1ccc(Cl)cc1)C(=O)COc1ccc(Cl)c(C)c1. The summed E-state index contributed by atoms with van der Waals surface area (Å²) in [6, 6.07) is 11.7. The molecule has 0 spiro atoms. The van der Waals surface area contributed by atoms with Crippen molar-refractivity contribution in [2.45, 2.75) is 26.4 Å². The molecule has 27 heavy (non-hydrogen) atoms. The van der Waals surface area contributed by atoms with Crippen LogP contribution in [-0.4, -0.2) is 36.4 Å². The summed E-state index contributed by atoms with van der Waals surface area (Å²) in [7, 11) is 1.54. The van der Waals surface area contributed by atoms with Crippen LogP contribution in [-0.2, 0) is 16.1 Å². The highest BCUT2D eigenvalue weighted by atomic mass is 35.5. The molecule has 0 heterocycles. The fourth-order valence-electron chi connectivity index (χ4n) is 2.51.